The molecule has 0 radical (unpaired) electrons. The molecule has 0 aliphatic rings. The fourth-order valence-electron chi connectivity index (χ4n) is 2.25. The number of rotatable bonds is 5. The predicted octanol–water partition coefficient (Wildman–Crippen LogP) is 5.67. The summed E-state index contributed by atoms with van der Waals surface area (Å²) in [6.45, 7) is 13.7. The molecule has 2 heterocycles. The molecule has 0 aliphatic carbocycles. The van der Waals surface area contributed by atoms with Crippen LogP contribution in [0.3, 0.4) is 0 Å². The number of hydrogen-bond acceptors (Lipinski definition) is 1. The summed E-state index contributed by atoms with van der Waals surface area (Å²) < 4.78 is 8.85. The van der Waals surface area contributed by atoms with E-state index in [0.717, 1.165) is 12.2 Å². The average molecular weight is 304 g/mol. The molecular weight excluding hydrogens is 274 g/mol. The fourth-order valence-corrected chi connectivity index (χ4v) is 3.27. The largest absolute Gasteiger partial charge is 0.542 e. The zero-order valence-corrected chi connectivity index (χ0v) is 15.4. The first-order valence-corrected chi connectivity index (χ1v) is 10.9. The van der Waals surface area contributed by atoms with Gasteiger partial charge in [0, 0.05) is 18.0 Å². The van der Waals surface area contributed by atoms with Crippen molar-refractivity contribution in [1.29, 1.82) is 0 Å². The minimum atomic E-state index is -1.79. The van der Waals surface area contributed by atoms with Crippen molar-refractivity contribution in [3.63, 3.8) is 0 Å². The van der Waals surface area contributed by atoms with Gasteiger partial charge in [0.15, 0.2) is 0 Å². The summed E-state index contributed by atoms with van der Waals surface area (Å²) >= 11 is 0. The van der Waals surface area contributed by atoms with Gasteiger partial charge < -0.3 is 8.83 Å². The molecule has 2 aromatic heterocycles. The number of nitrogens with zero attached hydrogens (tertiary/aromatic N) is 1. The second-order valence-electron chi connectivity index (χ2n) is 7.42. The molecule has 0 aromatic carbocycles. The summed E-state index contributed by atoms with van der Waals surface area (Å²) in [5, 5.41) is 0.222. The molecule has 0 amide bonds. The first kappa shape index (κ1) is 16.2. The summed E-state index contributed by atoms with van der Waals surface area (Å²) in [5.74, 6) is 1.06. The molecule has 0 bridgehead atoms. The van der Waals surface area contributed by atoms with Gasteiger partial charge in [-0.1, -0.05) is 40.2 Å². The van der Waals surface area contributed by atoms with E-state index in [1.807, 2.05) is 0 Å². The van der Waals surface area contributed by atoms with Crippen LogP contribution in [0.4, 0.5) is 0 Å². The fraction of sp³-hybridized carbons (Fsp3) is 0.556. The number of pyridine rings is 1. The van der Waals surface area contributed by atoms with Crippen molar-refractivity contribution in [2.45, 2.75) is 65.1 Å². The van der Waals surface area contributed by atoms with E-state index in [9.17, 15) is 0 Å². The molecular formula is C18H29NOSi. The zero-order chi connectivity index (χ0) is 15.7. The highest BCUT2D eigenvalue weighted by Gasteiger charge is 2.39. The van der Waals surface area contributed by atoms with Gasteiger partial charge in [-0.2, -0.15) is 0 Å². The van der Waals surface area contributed by atoms with E-state index in [0.29, 0.717) is 0 Å². The van der Waals surface area contributed by atoms with Gasteiger partial charge in [0.1, 0.15) is 5.75 Å². The van der Waals surface area contributed by atoms with E-state index >= 15 is 0 Å². The number of fused-ring (bicyclic) bond motifs is 1. The Bertz CT molecular complexity index is 607. The van der Waals surface area contributed by atoms with Crippen LogP contribution in [0.5, 0.6) is 5.75 Å². The molecule has 0 atom stereocenters. The molecule has 116 valence electrons. The molecule has 0 fully saturated rings. The number of hydrogen-bond donors (Lipinski definition) is 0. The minimum absolute atomic E-state index is 0.222. The molecule has 0 spiro atoms. The first-order chi connectivity index (χ1) is 9.76. The molecule has 2 aromatic rings. The van der Waals surface area contributed by atoms with Crippen LogP contribution in [0.25, 0.3) is 5.52 Å². The zero-order valence-electron chi connectivity index (χ0n) is 14.4. The Balaban J connectivity index is 2.40. The summed E-state index contributed by atoms with van der Waals surface area (Å²) in [6.07, 6.45) is 5.71. The van der Waals surface area contributed by atoms with Gasteiger partial charge in [0.05, 0.1) is 5.52 Å². The van der Waals surface area contributed by atoms with Gasteiger partial charge in [0.25, 0.3) is 8.32 Å². The van der Waals surface area contributed by atoms with Gasteiger partial charge in [-0.25, -0.2) is 0 Å². The van der Waals surface area contributed by atoms with E-state index in [2.05, 4.69) is 75.7 Å². The summed E-state index contributed by atoms with van der Waals surface area (Å²) in [5.41, 5.74) is 2.56. The Morgan fingerprint density at radius 3 is 2.52 bits per heavy atom. The second-order valence-corrected chi connectivity index (χ2v) is 12.1. The molecule has 0 N–H and O–H groups in total. The Kier molecular flexibility index (Phi) is 4.52. The van der Waals surface area contributed by atoms with Crippen molar-refractivity contribution >= 4 is 13.8 Å². The third-order valence-corrected chi connectivity index (χ3v) is 9.02. The third kappa shape index (κ3) is 3.34. The summed E-state index contributed by atoms with van der Waals surface area (Å²) in [7, 11) is -1.79. The van der Waals surface area contributed by atoms with Gasteiger partial charge in [-0.3, -0.25) is 0 Å². The van der Waals surface area contributed by atoms with E-state index in [1.54, 1.807) is 0 Å². The van der Waals surface area contributed by atoms with Crippen molar-refractivity contribution in [2.75, 3.05) is 0 Å². The molecule has 0 unspecified atom stereocenters. The van der Waals surface area contributed by atoms with E-state index in [1.165, 1.54) is 24.1 Å². The topological polar surface area (TPSA) is 13.6 Å². The molecule has 0 aliphatic heterocycles. The van der Waals surface area contributed by atoms with Crippen LogP contribution in [-0.4, -0.2) is 12.7 Å². The predicted molar refractivity (Wildman–Crippen MR) is 93.8 cm³/mol. The number of unbranched alkanes of at least 4 members (excludes halogenated alkanes) is 1. The molecule has 2 rings (SSSR count). The normalized spacial score (nSPS) is 12.9. The number of aromatic nitrogens is 1. The van der Waals surface area contributed by atoms with E-state index < -0.39 is 8.32 Å². The summed E-state index contributed by atoms with van der Waals surface area (Å²) in [6, 6.07) is 8.61. The second kappa shape index (κ2) is 5.88. The molecule has 0 saturated heterocycles. The lowest BCUT2D eigenvalue weighted by Gasteiger charge is -2.36. The van der Waals surface area contributed by atoms with Gasteiger partial charge in [-0.15, -0.1) is 0 Å². The number of aryl methyl sites for hydroxylation is 1. The average Bonchev–Trinajstić information content (AvgIpc) is 2.73. The van der Waals surface area contributed by atoms with Crippen LogP contribution in [0, 0.1) is 0 Å². The lowest BCUT2D eigenvalue weighted by molar-refractivity contribution is 0.496. The van der Waals surface area contributed by atoms with E-state index in [-0.39, 0.29) is 5.04 Å². The molecule has 21 heavy (non-hydrogen) atoms. The van der Waals surface area contributed by atoms with Crippen molar-refractivity contribution < 1.29 is 4.43 Å². The Hall–Kier alpha value is -1.22. The van der Waals surface area contributed by atoms with Crippen molar-refractivity contribution in [2.24, 2.45) is 0 Å². The monoisotopic (exact) mass is 303 g/mol. The maximum absolute atomic E-state index is 6.56. The van der Waals surface area contributed by atoms with Crippen molar-refractivity contribution in [3.8, 4) is 5.75 Å². The van der Waals surface area contributed by atoms with Gasteiger partial charge >= 0.3 is 0 Å². The maximum Gasteiger partial charge on any atom is 0.250 e. The lowest BCUT2D eigenvalue weighted by Crippen LogP contribution is -2.43. The molecule has 3 heteroatoms. The van der Waals surface area contributed by atoms with E-state index in [4.69, 9.17) is 4.43 Å². The van der Waals surface area contributed by atoms with Crippen LogP contribution < -0.4 is 4.43 Å². The molecule has 0 saturated carbocycles. The lowest BCUT2D eigenvalue weighted by atomic mass is 10.2. The highest BCUT2D eigenvalue weighted by molar-refractivity contribution is 6.74. The minimum Gasteiger partial charge on any atom is -0.542 e. The van der Waals surface area contributed by atoms with Crippen molar-refractivity contribution in [1.82, 2.24) is 4.40 Å². The summed E-state index contributed by atoms with van der Waals surface area (Å²) in [4.78, 5) is 0. The van der Waals surface area contributed by atoms with Crippen LogP contribution >= 0.6 is 0 Å². The van der Waals surface area contributed by atoms with Crippen LogP contribution in [0.2, 0.25) is 18.1 Å². The smallest absolute Gasteiger partial charge is 0.250 e. The molecule has 2 nitrogen and oxygen atoms in total. The highest BCUT2D eigenvalue weighted by atomic mass is 28.4. The highest BCUT2D eigenvalue weighted by Crippen LogP contribution is 2.39. The van der Waals surface area contributed by atoms with Gasteiger partial charge in [-0.05, 0) is 43.1 Å². The van der Waals surface area contributed by atoms with Crippen LogP contribution in [0.15, 0.2) is 30.5 Å². The van der Waals surface area contributed by atoms with Crippen molar-refractivity contribution in [3.05, 3.63) is 36.2 Å². The van der Waals surface area contributed by atoms with Gasteiger partial charge in [0.2, 0.25) is 0 Å². The standard InChI is InChI=1S/C18H29NOSi/c1-7-8-11-15-14-17(16-12-9-10-13-19(15)16)20-21(5,6)18(2,3)4/h9-10,12-14H,7-8,11H2,1-6H3. The Labute approximate surface area is 130 Å². The maximum atomic E-state index is 6.56. The quantitative estimate of drug-likeness (QED) is 0.649. The SMILES string of the molecule is CCCCc1cc(O[Si](C)(C)C(C)(C)C)c2ccccn12. The Morgan fingerprint density at radius 2 is 1.90 bits per heavy atom. The third-order valence-electron chi connectivity index (χ3n) is 4.68. The first-order valence-electron chi connectivity index (χ1n) is 8.04. The van der Waals surface area contributed by atoms with Crippen LogP contribution in [-0.2, 0) is 6.42 Å². The Morgan fingerprint density at radius 1 is 1.19 bits per heavy atom. The van der Waals surface area contributed by atoms with Crippen LogP contribution in [0.1, 0.15) is 46.2 Å².